The maximum atomic E-state index is 12.8. The molecule has 6 heteroatoms. The van der Waals surface area contributed by atoms with E-state index in [9.17, 15) is 9.59 Å². The average molecular weight is 351 g/mol. The molecule has 2 aromatic rings. The third-order valence-electron chi connectivity index (χ3n) is 4.27. The molecule has 2 heterocycles. The number of amides is 1. The van der Waals surface area contributed by atoms with Crippen molar-refractivity contribution in [2.75, 3.05) is 6.54 Å². The number of hydrogen-bond acceptors (Lipinski definition) is 2. The summed E-state index contributed by atoms with van der Waals surface area (Å²) >= 11 is 12.2. The fourth-order valence-electron chi connectivity index (χ4n) is 2.98. The number of aromatic nitrogens is 1. The van der Waals surface area contributed by atoms with E-state index in [-0.39, 0.29) is 23.1 Å². The zero-order chi connectivity index (χ0) is 16.7. The number of benzene rings is 1. The maximum absolute atomic E-state index is 12.8. The van der Waals surface area contributed by atoms with Gasteiger partial charge in [-0.05, 0) is 55.7 Å². The first-order chi connectivity index (χ1) is 10.9. The number of halogens is 2. The summed E-state index contributed by atoms with van der Waals surface area (Å²) in [6.07, 6.45) is 0.687. The molecule has 0 unspecified atom stereocenters. The van der Waals surface area contributed by atoms with Gasteiger partial charge in [-0.2, -0.15) is 0 Å². The zero-order valence-corrected chi connectivity index (χ0v) is 14.3. The van der Waals surface area contributed by atoms with Crippen molar-refractivity contribution >= 4 is 29.1 Å². The largest absolute Gasteiger partial charge is 0.331 e. The van der Waals surface area contributed by atoms with Gasteiger partial charge in [0.2, 0.25) is 0 Å². The Balaban J connectivity index is 1.97. The number of nitrogens with zero attached hydrogens (tertiary/aromatic N) is 1. The molecular formula is C17H16Cl2N2O2. The van der Waals surface area contributed by atoms with Crippen LogP contribution in [-0.4, -0.2) is 22.3 Å². The van der Waals surface area contributed by atoms with E-state index in [1.807, 2.05) is 19.1 Å². The lowest BCUT2D eigenvalue weighted by molar-refractivity contribution is 0.0676. The zero-order valence-electron chi connectivity index (χ0n) is 12.8. The minimum absolute atomic E-state index is 0.158. The van der Waals surface area contributed by atoms with Crippen LogP contribution in [0.4, 0.5) is 0 Å². The molecule has 0 saturated carbocycles. The van der Waals surface area contributed by atoms with Crippen molar-refractivity contribution in [2.24, 2.45) is 0 Å². The van der Waals surface area contributed by atoms with Crippen molar-refractivity contribution in [1.29, 1.82) is 0 Å². The fraction of sp³-hybridized carbons (Fsp3) is 0.294. The minimum atomic E-state index is -0.359. The highest BCUT2D eigenvalue weighted by atomic mass is 35.5. The Labute approximate surface area is 144 Å². The van der Waals surface area contributed by atoms with Crippen molar-refractivity contribution in [3.05, 3.63) is 67.0 Å². The van der Waals surface area contributed by atoms with E-state index in [0.29, 0.717) is 23.0 Å². The van der Waals surface area contributed by atoms with E-state index >= 15 is 0 Å². The first-order valence-corrected chi connectivity index (χ1v) is 8.13. The van der Waals surface area contributed by atoms with Crippen LogP contribution in [0.2, 0.25) is 10.0 Å². The quantitative estimate of drug-likeness (QED) is 0.851. The summed E-state index contributed by atoms with van der Waals surface area (Å²) < 4.78 is 0. The molecule has 120 valence electrons. The number of aromatic amines is 1. The Morgan fingerprint density at radius 3 is 2.65 bits per heavy atom. The van der Waals surface area contributed by atoms with Gasteiger partial charge in [-0.25, -0.2) is 0 Å². The van der Waals surface area contributed by atoms with Crippen LogP contribution < -0.4 is 5.56 Å². The van der Waals surface area contributed by atoms with E-state index in [1.54, 1.807) is 24.0 Å². The number of hydrogen-bond donors (Lipinski definition) is 1. The van der Waals surface area contributed by atoms with Crippen LogP contribution >= 0.6 is 23.2 Å². The minimum Gasteiger partial charge on any atom is -0.331 e. The molecule has 0 saturated heterocycles. The highest BCUT2D eigenvalue weighted by Gasteiger charge is 2.30. The number of nitrogens with one attached hydrogen (secondary N) is 1. The Kier molecular flexibility index (Phi) is 4.21. The lowest BCUT2D eigenvalue weighted by Gasteiger charge is -2.35. The molecule has 1 aromatic carbocycles. The number of H-pyrrole nitrogens is 1. The lowest BCUT2D eigenvalue weighted by atomic mass is 9.93. The first kappa shape index (κ1) is 16.1. The number of carbonyl (C=O) groups excluding carboxylic acids is 1. The number of rotatable bonds is 1. The molecule has 1 aromatic heterocycles. The Morgan fingerprint density at radius 2 is 1.96 bits per heavy atom. The SMILES string of the molecule is Cc1ccc(C(=O)N2CCc3cc(Cl)c(Cl)cc3[C@@H]2C)c(=O)[nH]1. The third-order valence-corrected chi connectivity index (χ3v) is 4.99. The molecule has 0 spiro atoms. The molecular weight excluding hydrogens is 335 g/mol. The summed E-state index contributed by atoms with van der Waals surface area (Å²) in [7, 11) is 0. The number of fused-ring (bicyclic) bond motifs is 1. The van der Waals surface area contributed by atoms with Crippen molar-refractivity contribution in [3.8, 4) is 0 Å². The van der Waals surface area contributed by atoms with Gasteiger partial charge < -0.3 is 9.88 Å². The summed E-state index contributed by atoms with van der Waals surface area (Å²) in [5.74, 6) is -0.268. The second-order valence-electron chi connectivity index (χ2n) is 5.77. The van der Waals surface area contributed by atoms with Gasteiger partial charge in [0.05, 0.1) is 16.1 Å². The van der Waals surface area contributed by atoms with Crippen LogP contribution in [0.5, 0.6) is 0 Å². The van der Waals surface area contributed by atoms with Crippen LogP contribution in [0.25, 0.3) is 0 Å². The highest BCUT2D eigenvalue weighted by Crippen LogP contribution is 2.35. The molecule has 1 aliphatic rings. The molecule has 1 N–H and O–H groups in total. The molecule has 0 radical (unpaired) electrons. The van der Waals surface area contributed by atoms with Crippen LogP contribution in [0.15, 0.2) is 29.1 Å². The molecule has 1 aliphatic heterocycles. The molecule has 3 rings (SSSR count). The van der Waals surface area contributed by atoms with Crippen molar-refractivity contribution in [3.63, 3.8) is 0 Å². The van der Waals surface area contributed by atoms with Crippen LogP contribution in [0.1, 0.15) is 40.1 Å². The number of pyridine rings is 1. The predicted octanol–water partition coefficient (Wildman–Crippen LogP) is 3.75. The van der Waals surface area contributed by atoms with Gasteiger partial charge in [-0.1, -0.05) is 23.2 Å². The third kappa shape index (κ3) is 2.89. The average Bonchev–Trinajstić information content (AvgIpc) is 2.49. The Bertz CT molecular complexity index is 845. The van der Waals surface area contributed by atoms with Crippen LogP contribution in [-0.2, 0) is 6.42 Å². The summed E-state index contributed by atoms with van der Waals surface area (Å²) in [6.45, 7) is 4.25. The summed E-state index contributed by atoms with van der Waals surface area (Å²) in [4.78, 5) is 29.2. The van der Waals surface area contributed by atoms with Gasteiger partial charge in [0.1, 0.15) is 5.56 Å². The van der Waals surface area contributed by atoms with Crippen molar-refractivity contribution in [1.82, 2.24) is 9.88 Å². The van der Waals surface area contributed by atoms with Gasteiger partial charge in [-0.15, -0.1) is 0 Å². The standard InChI is InChI=1S/C17H16Cl2N2O2/c1-9-3-4-12(16(22)20-9)17(23)21-6-5-11-7-14(18)15(19)8-13(11)10(21)2/h3-4,7-8,10H,5-6H2,1-2H3,(H,20,22)/t10-/m0/s1. The normalized spacial score (nSPS) is 17.0. The molecule has 0 bridgehead atoms. The Hall–Kier alpha value is -1.78. The van der Waals surface area contributed by atoms with E-state index in [0.717, 1.165) is 16.8 Å². The lowest BCUT2D eigenvalue weighted by Crippen LogP contribution is -2.41. The first-order valence-electron chi connectivity index (χ1n) is 7.37. The van der Waals surface area contributed by atoms with E-state index in [4.69, 9.17) is 23.2 Å². The molecule has 1 atom stereocenters. The van der Waals surface area contributed by atoms with E-state index in [1.165, 1.54) is 0 Å². The monoisotopic (exact) mass is 350 g/mol. The molecule has 0 aliphatic carbocycles. The van der Waals surface area contributed by atoms with Crippen LogP contribution in [0.3, 0.4) is 0 Å². The van der Waals surface area contributed by atoms with Crippen molar-refractivity contribution < 1.29 is 4.79 Å². The van der Waals surface area contributed by atoms with E-state index in [2.05, 4.69) is 4.98 Å². The fourth-order valence-corrected chi connectivity index (χ4v) is 3.34. The topological polar surface area (TPSA) is 53.2 Å². The summed E-state index contributed by atoms with van der Waals surface area (Å²) in [5.41, 5.74) is 2.59. The highest BCUT2D eigenvalue weighted by molar-refractivity contribution is 6.42. The summed E-state index contributed by atoms with van der Waals surface area (Å²) in [6, 6.07) is 6.81. The molecule has 1 amide bonds. The van der Waals surface area contributed by atoms with E-state index < -0.39 is 0 Å². The number of aryl methyl sites for hydroxylation is 1. The van der Waals surface area contributed by atoms with Gasteiger partial charge in [0.15, 0.2) is 0 Å². The van der Waals surface area contributed by atoms with Gasteiger partial charge in [-0.3, -0.25) is 9.59 Å². The second-order valence-corrected chi connectivity index (χ2v) is 6.59. The smallest absolute Gasteiger partial charge is 0.260 e. The predicted molar refractivity (Wildman–Crippen MR) is 91.4 cm³/mol. The molecule has 23 heavy (non-hydrogen) atoms. The number of carbonyl (C=O) groups is 1. The van der Waals surface area contributed by atoms with Gasteiger partial charge in [0, 0.05) is 12.2 Å². The van der Waals surface area contributed by atoms with Gasteiger partial charge >= 0.3 is 0 Å². The molecule has 4 nitrogen and oxygen atoms in total. The maximum Gasteiger partial charge on any atom is 0.260 e. The molecule has 0 fully saturated rings. The van der Waals surface area contributed by atoms with Crippen molar-refractivity contribution in [2.45, 2.75) is 26.3 Å². The summed E-state index contributed by atoms with van der Waals surface area (Å²) in [5, 5.41) is 0.993. The Morgan fingerprint density at radius 1 is 1.26 bits per heavy atom. The van der Waals surface area contributed by atoms with Gasteiger partial charge in [0.25, 0.3) is 11.5 Å². The van der Waals surface area contributed by atoms with Crippen LogP contribution in [0, 0.1) is 6.92 Å². The second kappa shape index (κ2) is 6.02.